The van der Waals surface area contributed by atoms with Crippen molar-refractivity contribution in [3.63, 3.8) is 0 Å². The van der Waals surface area contributed by atoms with Crippen LogP contribution in [0.15, 0.2) is 5.03 Å². The minimum Gasteiger partial charge on any atom is -0.455 e. The highest BCUT2D eigenvalue weighted by Gasteiger charge is 2.33. The molecule has 0 aromatic carbocycles. The highest BCUT2D eigenvalue weighted by atomic mass is 32.2. The van der Waals surface area contributed by atoms with Gasteiger partial charge in [-0.25, -0.2) is 9.78 Å². The number of imidazole rings is 1. The Kier molecular flexibility index (Phi) is 3.95. The molecule has 0 bridgehead atoms. The van der Waals surface area contributed by atoms with E-state index in [1.807, 2.05) is 27.8 Å². The van der Waals surface area contributed by atoms with E-state index in [2.05, 4.69) is 16.5 Å². The Labute approximate surface area is 118 Å². The second-order valence-electron chi connectivity index (χ2n) is 5.89. The molecule has 1 fully saturated rings. The fourth-order valence-electron chi connectivity index (χ4n) is 1.97. The quantitative estimate of drug-likeness (QED) is 0.627. The summed E-state index contributed by atoms with van der Waals surface area (Å²) >= 11 is 1.65. The fourth-order valence-corrected chi connectivity index (χ4v) is 2.79. The predicted octanol–water partition coefficient (Wildman–Crippen LogP) is 3.36. The molecule has 0 unspecified atom stereocenters. The first kappa shape index (κ1) is 14.4. The molecule has 1 heterocycles. The van der Waals surface area contributed by atoms with E-state index in [0.29, 0.717) is 11.6 Å². The second kappa shape index (κ2) is 5.19. The lowest BCUT2D eigenvalue weighted by atomic mass is 10.2. The summed E-state index contributed by atoms with van der Waals surface area (Å²) in [5.41, 5.74) is -0.00569. The van der Waals surface area contributed by atoms with Gasteiger partial charge in [-0.1, -0.05) is 6.92 Å². The molecular weight excluding hydrogens is 260 g/mol. The Hall–Kier alpha value is -0.970. The van der Waals surface area contributed by atoms with Crippen molar-refractivity contribution >= 4 is 17.7 Å². The van der Waals surface area contributed by atoms with E-state index in [1.54, 1.807) is 11.8 Å². The van der Waals surface area contributed by atoms with Crippen molar-refractivity contribution < 1.29 is 9.53 Å². The summed E-state index contributed by atoms with van der Waals surface area (Å²) in [4.78, 5) is 16.8. The van der Waals surface area contributed by atoms with Crippen LogP contribution in [0.1, 0.15) is 62.8 Å². The molecule has 1 aromatic heterocycles. The number of hydrogen-bond acceptors (Lipinski definition) is 4. The van der Waals surface area contributed by atoms with E-state index in [0.717, 1.165) is 16.6 Å². The maximum Gasteiger partial charge on any atom is 0.360 e. The van der Waals surface area contributed by atoms with Gasteiger partial charge >= 0.3 is 5.97 Å². The number of nitrogens with zero attached hydrogens (tertiary/aromatic N) is 2. The summed E-state index contributed by atoms with van der Waals surface area (Å²) in [6, 6.07) is 0. The van der Waals surface area contributed by atoms with Crippen LogP contribution in [0.3, 0.4) is 0 Å². The van der Waals surface area contributed by atoms with E-state index < -0.39 is 5.60 Å². The van der Waals surface area contributed by atoms with Gasteiger partial charge in [0.2, 0.25) is 0 Å². The lowest BCUT2D eigenvalue weighted by Gasteiger charge is -2.19. The van der Waals surface area contributed by atoms with Crippen molar-refractivity contribution in [1.29, 1.82) is 0 Å². The molecule has 0 atom stereocenters. The molecule has 0 aliphatic heterocycles. The average Bonchev–Trinajstić information content (AvgIpc) is 3.05. The number of hydrogen-bond donors (Lipinski definition) is 0. The molecule has 0 spiro atoms. The molecule has 1 aromatic rings. The van der Waals surface area contributed by atoms with Crippen LogP contribution in [0, 0.1) is 0 Å². The molecule has 1 aliphatic carbocycles. The van der Waals surface area contributed by atoms with Gasteiger partial charge in [0.1, 0.15) is 16.5 Å². The smallest absolute Gasteiger partial charge is 0.360 e. The van der Waals surface area contributed by atoms with E-state index >= 15 is 0 Å². The zero-order valence-electron chi connectivity index (χ0n) is 12.3. The first-order valence-corrected chi connectivity index (χ1v) is 7.74. The van der Waals surface area contributed by atoms with Crippen LogP contribution in [0.25, 0.3) is 0 Å². The number of aromatic nitrogens is 2. The van der Waals surface area contributed by atoms with Gasteiger partial charge in [-0.2, -0.15) is 0 Å². The Morgan fingerprint density at radius 2 is 2.11 bits per heavy atom. The van der Waals surface area contributed by atoms with Gasteiger partial charge in [0.15, 0.2) is 5.69 Å². The van der Waals surface area contributed by atoms with E-state index in [-0.39, 0.29) is 5.97 Å². The number of rotatable bonds is 4. The second-order valence-corrected chi connectivity index (χ2v) is 7.14. The van der Waals surface area contributed by atoms with Crippen molar-refractivity contribution in [3.8, 4) is 0 Å². The van der Waals surface area contributed by atoms with Crippen LogP contribution in [0.4, 0.5) is 0 Å². The summed E-state index contributed by atoms with van der Waals surface area (Å²) < 4.78 is 7.51. The van der Waals surface area contributed by atoms with Gasteiger partial charge in [0.05, 0.1) is 0 Å². The largest absolute Gasteiger partial charge is 0.455 e. The first-order valence-electron chi connectivity index (χ1n) is 6.76. The van der Waals surface area contributed by atoms with E-state index in [1.165, 1.54) is 12.8 Å². The number of carbonyl (C=O) groups is 1. The summed E-state index contributed by atoms with van der Waals surface area (Å²) in [6.45, 7) is 7.71. The summed E-state index contributed by atoms with van der Waals surface area (Å²) in [5.74, 6) is 2.15. The summed E-state index contributed by atoms with van der Waals surface area (Å²) in [5, 5.41) is 0.929. The molecule has 19 heavy (non-hydrogen) atoms. The highest BCUT2D eigenvalue weighted by Crippen LogP contribution is 2.41. The maximum atomic E-state index is 12.3. The molecule has 0 amide bonds. The molecule has 0 saturated heterocycles. The van der Waals surface area contributed by atoms with Gasteiger partial charge in [-0.15, -0.1) is 11.8 Å². The van der Waals surface area contributed by atoms with Gasteiger partial charge in [0.25, 0.3) is 0 Å². The highest BCUT2D eigenvalue weighted by molar-refractivity contribution is 7.99. The zero-order valence-corrected chi connectivity index (χ0v) is 13.1. The van der Waals surface area contributed by atoms with Gasteiger partial charge < -0.3 is 9.30 Å². The third-order valence-electron chi connectivity index (χ3n) is 2.89. The topological polar surface area (TPSA) is 44.1 Å². The normalized spacial score (nSPS) is 15.6. The standard InChI is InChI=1S/C14H22N2O2S/c1-6-19-12-10(13(17)18-14(2,3)4)15-11(16(12)5)9-7-8-9/h9H,6-8H2,1-5H3. The molecule has 2 rings (SSSR count). The molecule has 1 saturated carbocycles. The van der Waals surface area contributed by atoms with Gasteiger partial charge in [-0.3, -0.25) is 0 Å². The first-order chi connectivity index (χ1) is 8.83. The van der Waals surface area contributed by atoms with Crippen LogP contribution in [-0.2, 0) is 11.8 Å². The monoisotopic (exact) mass is 282 g/mol. The van der Waals surface area contributed by atoms with Crippen molar-refractivity contribution in [2.24, 2.45) is 7.05 Å². The zero-order chi connectivity index (χ0) is 14.2. The summed E-state index contributed by atoms with van der Waals surface area (Å²) in [7, 11) is 1.99. The Bertz CT molecular complexity index is 484. The Morgan fingerprint density at radius 3 is 2.58 bits per heavy atom. The molecule has 0 N–H and O–H groups in total. The Morgan fingerprint density at radius 1 is 1.47 bits per heavy atom. The summed E-state index contributed by atoms with van der Waals surface area (Å²) in [6.07, 6.45) is 2.35. The Balaban J connectivity index is 2.32. The van der Waals surface area contributed by atoms with Crippen LogP contribution >= 0.6 is 11.8 Å². The van der Waals surface area contributed by atoms with Crippen molar-refractivity contribution in [2.75, 3.05) is 5.75 Å². The van der Waals surface area contributed by atoms with Gasteiger partial charge in [0, 0.05) is 13.0 Å². The molecule has 5 heteroatoms. The lowest BCUT2D eigenvalue weighted by molar-refractivity contribution is 0.00587. The third-order valence-corrected chi connectivity index (χ3v) is 3.92. The van der Waals surface area contributed by atoms with E-state index in [4.69, 9.17) is 4.74 Å². The molecule has 0 radical (unpaired) electrons. The molecule has 1 aliphatic rings. The molecule has 4 nitrogen and oxygen atoms in total. The van der Waals surface area contributed by atoms with Gasteiger partial charge in [-0.05, 0) is 39.4 Å². The van der Waals surface area contributed by atoms with Crippen molar-refractivity contribution in [3.05, 3.63) is 11.5 Å². The SMILES string of the molecule is CCSc1c(C(=O)OC(C)(C)C)nc(C2CC2)n1C. The maximum absolute atomic E-state index is 12.3. The predicted molar refractivity (Wildman–Crippen MR) is 76.7 cm³/mol. The lowest BCUT2D eigenvalue weighted by Crippen LogP contribution is -2.24. The van der Waals surface area contributed by atoms with Crippen molar-refractivity contribution in [2.45, 2.75) is 57.1 Å². The number of thioether (sulfide) groups is 1. The van der Waals surface area contributed by atoms with Crippen LogP contribution in [-0.4, -0.2) is 26.9 Å². The average molecular weight is 282 g/mol. The third kappa shape index (κ3) is 3.32. The minimum atomic E-state index is -0.484. The number of esters is 1. The number of carbonyl (C=O) groups excluding carboxylic acids is 1. The van der Waals surface area contributed by atoms with Crippen LogP contribution in [0.2, 0.25) is 0 Å². The molecule has 106 valence electrons. The van der Waals surface area contributed by atoms with E-state index in [9.17, 15) is 4.79 Å². The van der Waals surface area contributed by atoms with Crippen LogP contribution < -0.4 is 0 Å². The molecular formula is C14H22N2O2S. The minimum absolute atomic E-state index is 0.314. The number of ether oxygens (including phenoxy) is 1. The fraction of sp³-hybridized carbons (Fsp3) is 0.714. The van der Waals surface area contributed by atoms with Crippen LogP contribution in [0.5, 0.6) is 0 Å². The van der Waals surface area contributed by atoms with Crippen molar-refractivity contribution in [1.82, 2.24) is 9.55 Å².